The van der Waals surface area contributed by atoms with Crippen molar-refractivity contribution in [1.82, 2.24) is 10.3 Å². The van der Waals surface area contributed by atoms with E-state index >= 15 is 0 Å². The molecule has 1 aromatic rings. The van der Waals surface area contributed by atoms with E-state index in [4.69, 9.17) is 0 Å². The minimum atomic E-state index is 1.08. The van der Waals surface area contributed by atoms with Gasteiger partial charge in [0.15, 0.2) is 0 Å². The fourth-order valence-corrected chi connectivity index (χ4v) is 1.30. The largest absolute Gasteiger partial charge is 0.317 e. The molecule has 0 aliphatic heterocycles. The predicted molar refractivity (Wildman–Crippen MR) is 55.7 cm³/mol. The third kappa shape index (κ3) is 4.63. The van der Waals surface area contributed by atoms with E-state index in [2.05, 4.69) is 23.3 Å². The number of hydrogen-bond acceptors (Lipinski definition) is 2. The van der Waals surface area contributed by atoms with Crippen LogP contribution in [0.4, 0.5) is 0 Å². The molecule has 13 heavy (non-hydrogen) atoms. The lowest BCUT2D eigenvalue weighted by molar-refractivity contribution is 0.640. The number of pyridine rings is 1. The molecule has 2 heteroatoms. The van der Waals surface area contributed by atoms with Gasteiger partial charge in [-0.1, -0.05) is 13.0 Å². The SMILES string of the molecule is CCNCCCCc1cccnc1. The monoisotopic (exact) mass is 178 g/mol. The Kier molecular flexibility index (Phi) is 5.18. The van der Waals surface area contributed by atoms with Gasteiger partial charge in [-0.2, -0.15) is 0 Å². The van der Waals surface area contributed by atoms with Crippen LogP contribution in [0.25, 0.3) is 0 Å². The van der Waals surface area contributed by atoms with Crippen LogP contribution in [-0.2, 0) is 6.42 Å². The van der Waals surface area contributed by atoms with Gasteiger partial charge >= 0.3 is 0 Å². The van der Waals surface area contributed by atoms with E-state index in [-0.39, 0.29) is 0 Å². The zero-order chi connectivity index (χ0) is 9.36. The van der Waals surface area contributed by atoms with Crippen molar-refractivity contribution in [1.29, 1.82) is 0 Å². The number of rotatable bonds is 6. The van der Waals surface area contributed by atoms with Gasteiger partial charge < -0.3 is 5.32 Å². The maximum absolute atomic E-state index is 4.08. The number of nitrogens with one attached hydrogen (secondary N) is 1. The Morgan fingerprint density at radius 2 is 2.31 bits per heavy atom. The molecule has 0 aromatic carbocycles. The predicted octanol–water partition coefficient (Wildman–Crippen LogP) is 2.01. The Bertz CT molecular complexity index is 209. The molecule has 0 saturated carbocycles. The van der Waals surface area contributed by atoms with Crippen LogP contribution in [0.2, 0.25) is 0 Å². The molecule has 0 radical (unpaired) electrons. The van der Waals surface area contributed by atoms with E-state index in [0.29, 0.717) is 0 Å². The van der Waals surface area contributed by atoms with Crippen LogP contribution in [0.3, 0.4) is 0 Å². The van der Waals surface area contributed by atoms with Gasteiger partial charge in [0, 0.05) is 12.4 Å². The summed E-state index contributed by atoms with van der Waals surface area (Å²) in [6.07, 6.45) is 7.43. The molecule has 0 saturated heterocycles. The molecule has 1 aromatic heterocycles. The molecule has 0 aliphatic carbocycles. The van der Waals surface area contributed by atoms with E-state index in [1.54, 1.807) is 0 Å². The first-order valence-electron chi connectivity index (χ1n) is 5.03. The third-order valence-electron chi connectivity index (χ3n) is 2.04. The number of unbranched alkanes of at least 4 members (excludes halogenated alkanes) is 1. The molecule has 72 valence electrons. The zero-order valence-corrected chi connectivity index (χ0v) is 8.29. The van der Waals surface area contributed by atoms with E-state index in [9.17, 15) is 0 Å². The van der Waals surface area contributed by atoms with Crippen molar-refractivity contribution in [2.45, 2.75) is 26.2 Å². The van der Waals surface area contributed by atoms with Crippen LogP contribution in [0.15, 0.2) is 24.5 Å². The fourth-order valence-electron chi connectivity index (χ4n) is 1.30. The van der Waals surface area contributed by atoms with Crippen molar-refractivity contribution in [3.63, 3.8) is 0 Å². The van der Waals surface area contributed by atoms with Gasteiger partial charge in [-0.15, -0.1) is 0 Å². The van der Waals surface area contributed by atoms with Gasteiger partial charge in [0.05, 0.1) is 0 Å². The first kappa shape index (κ1) is 10.2. The molecule has 0 aliphatic rings. The van der Waals surface area contributed by atoms with Gasteiger partial charge in [0.1, 0.15) is 0 Å². The summed E-state index contributed by atoms with van der Waals surface area (Å²) in [5.41, 5.74) is 1.35. The lowest BCUT2D eigenvalue weighted by Crippen LogP contribution is -2.13. The third-order valence-corrected chi connectivity index (χ3v) is 2.04. The lowest BCUT2D eigenvalue weighted by atomic mass is 10.1. The van der Waals surface area contributed by atoms with Crippen LogP contribution in [-0.4, -0.2) is 18.1 Å². The molecule has 0 spiro atoms. The van der Waals surface area contributed by atoms with Gasteiger partial charge in [-0.05, 0) is 44.0 Å². The van der Waals surface area contributed by atoms with Gasteiger partial charge in [-0.3, -0.25) is 4.98 Å². The van der Waals surface area contributed by atoms with Gasteiger partial charge in [0.2, 0.25) is 0 Å². The Hall–Kier alpha value is -0.890. The summed E-state index contributed by atoms with van der Waals surface area (Å²) < 4.78 is 0. The number of aryl methyl sites for hydroxylation is 1. The minimum absolute atomic E-state index is 1.08. The van der Waals surface area contributed by atoms with Gasteiger partial charge in [-0.25, -0.2) is 0 Å². The zero-order valence-electron chi connectivity index (χ0n) is 8.29. The summed E-state index contributed by atoms with van der Waals surface area (Å²) in [4.78, 5) is 4.08. The van der Waals surface area contributed by atoms with Crippen LogP contribution in [0.1, 0.15) is 25.3 Å². The standard InChI is InChI=1S/C11H18N2/c1-2-12-8-4-3-6-11-7-5-9-13-10-11/h5,7,9-10,12H,2-4,6,8H2,1H3. The van der Waals surface area contributed by atoms with E-state index in [1.165, 1.54) is 18.4 Å². The smallest absolute Gasteiger partial charge is 0.0299 e. The second-order valence-electron chi connectivity index (χ2n) is 3.17. The first-order valence-corrected chi connectivity index (χ1v) is 5.03. The van der Waals surface area contributed by atoms with Crippen molar-refractivity contribution in [3.8, 4) is 0 Å². The summed E-state index contributed by atoms with van der Waals surface area (Å²) in [6.45, 7) is 4.35. The highest BCUT2D eigenvalue weighted by Gasteiger charge is 1.91. The van der Waals surface area contributed by atoms with Crippen LogP contribution in [0, 0.1) is 0 Å². The average Bonchev–Trinajstić information content (AvgIpc) is 2.19. The number of aromatic nitrogens is 1. The van der Waals surface area contributed by atoms with Crippen molar-refractivity contribution < 1.29 is 0 Å². The van der Waals surface area contributed by atoms with Gasteiger partial charge in [0.25, 0.3) is 0 Å². The Labute approximate surface area is 80.4 Å². The Morgan fingerprint density at radius 3 is 3.00 bits per heavy atom. The first-order chi connectivity index (χ1) is 6.43. The van der Waals surface area contributed by atoms with E-state index in [1.807, 2.05) is 18.5 Å². The number of hydrogen-bond donors (Lipinski definition) is 1. The molecule has 1 rings (SSSR count). The summed E-state index contributed by atoms with van der Waals surface area (Å²) in [5.74, 6) is 0. The Morgan fingerprint density at radius 1 is 1.38 bits per heavy atom. The maximum atomic E-state index is 4.08. The van der Waals surface area contributed by atoms with E-state index < -0.39 is 0 Å². The molecular formula is C11H18N2. The lowest BCUT2D eigenvalue weighted by Gasteiger charge is -2.01. The second kappa shape index (κ2) is 6.61. The van der Waals surface area contributed by atoms with Crippen LogP contribution < -0.4 is 5.32 Å². The average molecular weight is 178 g/mol. The topological polar surface area (TPSA) is 24.9 Å². The molecule has 1 heterocycles. The van der Waals surface area contributed by atoms with Crippen LogP contribution >= 0.6 is 0 Å². The fraction of sp³-hybridized carbons (Fsp3) is 0.545. The minimum Gasteiger partial charge on any atom is -0.317 e. The highest BCUT2D eigenvalue weighted by molar-refractivity contribution is 5.08. The molecule has 0 fully saturated rings. The van der Waals surface area contributed by atoms with Crippen LogP contribution in [0.5, 0.6) is 0 Å². The molecule has 0 amide bonds. The molecule has 1 N–H and O–H groups in total. The maximum Gasteiger partial charge on any atom is 0.0299 e. The quantitative estimate of drug-likeness (QED) is 0.674. The van der Waals surface area contributed by atoms with Crippen molar-refractivity contribution in [3.05, 3.63) is 30.1 Å². The Balaban J connectivity index is 2.07. The van der Waals surface area contributed by atoms with Crippen molar-refractivity contribution in [2.24, 2.45) is 0 Å². The second-order valence-corrected chi connectivity index (χ2v) is 3.17. The molecule has 2 nitrogen and oxygen atoms in total. The molecule has 0 atom stereocenters. The van der Waals surface area contributed by atoms with Crippen molar-refractivity contribution in [2.75, 3.05) is 13.1 Å². The molecular weight excluding hydrogens is 160 g/mol. The highest BCUT2D eigenvalue weighted by atomic mass is 14.8. The molecule has 0 bridgehead atoms. The van der Waals surface area contributed by atoms with Crippen molar-refractivity contribution >= 4 is 0 Å². The summed E-state index contributed by atoms with van der Waals surface area (Å²) in [7, 11) is 0. The number of nitrogens with zero attached hydrogens (tertiary/aromatic N) is 1. The van der Waals surface area contributed by atoms with E-state index in [0.717, 1.165) is 19.5 Å². The summed E-state index contributed by atoms with van der Waals surface area (Å²) in [6, 6.07) is 4.14. The summed E-state index contributed by atoms with van der Waals surface area (Å²) in [5, 5.41) is 3.32. The summed E-state index contributed by atoms with van der Waals surface area (Å²) >= 11 is 0. The molecule has 0 unspecified atom stereocenters. The highest BCUT2D eigenvalue weighted by Crippen LogP contribution is 2.01. The normalized spacial score (nSPS) is 10.2.